The summed E-state index contributed by atoms with van der Waals surface area (Å²) in [6, 6.07) is 20.2. The van der Waals surface area contributed by atoms with Crippen LogP contribution in [-0.4, -0.2) is 32.9 Å². The topological polar surface area (TPSA) is 57.0 Å². The van der Waals surface area contributed by atoms with Crippen molar-refractivity contribution >= 4 is 40.7 Å². The van der Waals surface area contributed by atoms with Crippen LogP contribution in [0.2, 0.25) is 10.0 Å². The number of carbonyl (C=O) groups excluding carboxylic acids is 1. The lowest BCUT2D eigenvalue weighted by molar-refractivity contribution is 0.0994. The third-order valence-corrected chi connectivity index (χ3v) is 6.60. The first-order valence-corrected chi connectivity index (χ1v) is 11.8. The first-order valence-electron chi connectivity index (χ1n) is 10.2. The van der Waals surface area contributed by atoms with Crippen molar-refractivity contribution in [2.45, 2.75) is 24.3 Å². The summed E-state index contributed by atoms with van der Waals surface area (Å²) >= 11 is 13.9. The predicted octanol–water partition coefficient (Wildman–Crippen LogP) is 6.92. The normalized spacial score (nSPS) is 11.9. The van der Waals surface area contributed by atoms with Gasteiger partial charge in [-0.25, -0.2) is 0 Å². The Bertz CT molecular complexity index is 1310. The molecule has 4 aromatic rings. The Morgan fingerprint density at radius 1 is 1.00 bits per heavy atom. The van der Waals surface area contributed by atoms with Crippen molar-refractivity contribution in [3.63, 3.8) is 0 Å². The molecule has 1 unspecified atom stereocenters. The van der Waals surface area contributed by atoms with Gasteiger partial charge >= 0.3 is 0 Å². The van der Waals surface area contributed by atoms with E-state index in [2.05, 4.69) is 10.2 Å². The van der Waals surface area contributed by atoms with Crippen molar-refractivity contribution in [3.05, 3.63) is 87.9 Å². The zero-order chi connectivity index (χ0) is 23.5. The number of ketones is 1. The molecule has 0 fully saturated rings. The standard InChI is InChI=1S/C25H21Cl2N3O2S/c1-15-7-9-17(10-8-15)23(31)16(2)33-25-29-28-24(18-5-4-6-19(26)13-18)30(25)21-14-20(27)11-12-22(21)32-3/h4-14,16H,1-3H3. The van der Waals surface area contributed by atoms with Crippen LogP contribution in [0.25, 0.3) is 17.1 Å². The van der Waals surface area contributed by atoms with Crippen molar-refractivity contribution in [1.82, 2.24) is 14.8 Å². The molecule has 5 nitrogen and oxygen atoms in total. The van der Waals surface area contributed by atoms with E-state index in [0.717, 1.165) is 11.1 Å². The van der Waals surface area contributed by atoms with Gasteiger partial charge in [0.05, 0.1) is 18.0 Å². The molecule has 1 atom stereocenters. The molecule has 0 saturated heterocycles. The van der Waals surface area contributed by atoms with Crippen LogP contribution < -0.4 is 4.74 Å². The summed E-state index contributed by atoms with van der Waals surface area (Å²) in [5.41, 5.74) is 3.21. The largest absolute Gasteiger partial charge is 0.495 e. The summed E-state index contributed by atoms with van der Waals surface area (Å²) in [6.45, 7) is 3.85. The number of carbonyl (C=O) groups is 1. The maximum absolute atomic E-state index is 13.1. The summed E-state index contributed by atoms with van der Waals surface area (Å²) < 4.78 is 7.44. The number of Topliss-reactive ketones (excluding diaryl/α,β-unsaturated/α-hetero) is 1. The molecule has 0 radical (unpaired) electrons. The van der Waals surface area contributed by atoms with Crippen molar-refractivity contribution < 1.29 is 9.53 Å². The second-order valence-electron chi connectivity index (χ2n) is 7.46. The van der Waals surface area contributed by atoms with Crippen LogP contribution in [0.5, 0.6) is 5.75 Å². The van der Waals surface area contributed by atoms with Gasteiger partial charge in [-0.1, -0.05) is 76.9 Å². The molecule has 1 aromatic heterocycles. The summed E-state index contributed by atoms with van der Waals surface area (Å²) in [5.74, 6) is 1.18. The van der Waals surface area contributed by atoms with E-state index in [-0.39, 0.29) is 5.78 Å². The Morgan fingerprint density at radius 2 is 1.73 bits per heavy atom. The molecule has 0 aliphatic carbocycles. The molecule has 0 saturated carbocycles. The number of ether oxygens (including phenoxy) is 1. The van der Waals surface area contributed by atoms with Crippen LogP contribution in [0.1, 0.15) is 22.8 Å². The Hall–Kier alpha value is -2.80. The second kappa shape index (κ2) is 10.00. The number of hydrogen-bond donors (Lipinski definition) is 0. The smallest absolute Gasteiger partial charge is 0.196 e. The zero-order valence-corrected chi connectivity index (χ0v) is 20.6. The van der Waals surface area contributed by atoms with Crippen LogP contribution >= 0.6 is 35.0 Å². The van der Waals surface area contributed by atoms with E-state index in [4.69, 9.17) is 27.9 Å². The molecule has 0 aliphatic heterocycles. The van der Waals surface area contributed by atoms with Crippen molar-refractivity contribution in [1.29, 1.82) is 0 Å². The maximum atomic E-state index is 13.1. The molecular formula is C25H21Cl2N3O2S. The van der Waals surface area contributed by atoms with Gasteiger partial charge in [-0.15, -0.1) is 10.2 Å². The maximum Gasteiger partial charge on any atom is 0.196 e. The van der Waals surface area contributed by atoms with E-state index in [1.807, 2.05) is 60.9 Å². The Balaban J connectivity index is 1.80. The van der Waals surface area contributed by atoms with Crippen LogP contribution in [0.15, 0.2) is 71.9 Å². The van der Waals surface area contributed by atoms with Gasteiger partial charge in [0.25, 0.3) is 0 Å². The number of hydrogen-bond acceptors (Lipinski definition) is 5. The highest BCUT2D eigenvalue weighted by molar-refractivity contribution is 8.00. The van der Waals surface area contributed by atoms with Gasteiger partial charge in [0.2, 0.25) is 0 Å². The average molecular weight is 498 g/mol. The van der Waals surface area contributed by atoms with Gasteiger partial charge < -0.3 is 4.74 Å². The Labute approximate surface area is 206 Å². The lowest BCUT2D eigenvalue weighted by Gasteiger charge is -2.16. The molecule has 0 N–H and O–H groups in total. The van der Waals surface area contributed by atoms with Crippen LogP contribution in [-0.2, 0) is 0 Å². The first-order chi connectivity index (χ1) is 15.9. The molecule has 3 aromatic carbocycles. The van der Waals surface area contributed by atoms with Gasteiger partial charge in [0.1, 0.15) is 5.75 Å². The molecule has 33 heavy (non-hydrogen) atoms. The third-order valence-electron chi connectivity index (χ3n) is 5.09. The summed E-state index contributed by atoms with van der Waals surface area (Å²) in [5, 5.41) is 10.1. The van der Waals surface area contributed by atoms with E-state index in [1.165, 1.54) is 11.8 Å². The average Bonchev–Trinajstić information content (AvgIpc) is 3.22. The quantitative estimate of drug-likeness (QED) is 0.205. The molecule has 0 bridgehead atoms. The number of rotatable bonds is 7. The minimum absolute atomic E-state index is 0.0110. The minimum atomic E-state index is -0.395. The Morgan fingerprint density at radius 3 is 2.42 bits per heavy atom. The second-order valence-corrected chi connectivity index (χ2v) is 9.64. The lowest BCUT2D eigenvalue weighted by Crippen LogP contribution is -2.14. The molecule has 168 valence electrons. The number of thioether (sulfide) groups is 1. The number of aryl methyl sites for hydroxylation is 1. The van der Waals surface area contributed by atoms with Crippen molar-refractivity contribution in [2.24, 2.45) is 0 Å². The van der Waals surface area contributed by atoms with Crippen molar-refractivity contribution in [2.75, 3.05) is 7.11 Å². The van der Waals surface area contributed by atoms with Gasteiger partial charge in [0, 0.05) is 21.2 Å². The van der Waals surface area contributed by atoms with E-state index < -0.39 is 5.25 Å². The molecule has 0 spiro atoms. The van der Waals surface area contributed by atoms with E-state index in [9.17, 15) is 4.79 Å². The number of methoxy groups -OCH3 is 1. The highest BCUT2D eigenvalue weighted by Crippen LogP contribution is 2.36. The van der Waals surface area contributed by atoms with Gasteiger partial charge in [0.15, 0.2) is 16.8 Å². The monoisotopic (exact) mass is 497 g/mol. The summed E-state index contributed by atoms with van der Waals surface area (Å²) in [6.07, 6.45) is 0. The summed E-state index contributed by atoms with van der Waals surface area (Å²) in [7, 11) is 1.59. The molecular weight excluding hydrogens is 477 g/mol. The predicted molar refractivity (Wildman–Crippen MR) is 134 cm³/mol. The highest BCUT2D eigenvalue weighted by Gasteiger charge is 2.24. The fourth-order valence-electron chi connectivity index (χ4n) is 3.38. The number of aromatic nitrogens is 3. The lowest BCUT2D eigenvalue weighted by atomic mass is 10.1. The Kier molecular flexibility index (Phi) is 7.08. The molecule has 0 aliphatic rings. The first kappa shape index (κ1) is 23.4. The SMILES string of the molecule is COc1ccc(Cl)cc1-n1c(SC(C)C(=O)c2ccc(C)cc2)nnc1-c1cccc(Cl)c1. The highest BCUT2D eigenvalue weighted by atomic mass is 35.5. The van der Waals surface area contributed by atoms with E-state index in [0.29, 0.717) is 38.0 Å². The van der Waals surface area contributed by atoms with Gasteiger partial charge in [-0.05, 0) is 44.2 Å². The van der Waals surface area contributed by atoms with Gasteiger partial charge in [-0.3, -0.25) is 9.36 Å². The van der Waals surface area contributed by atoms with E-state index in [1.54, 1.807) is 31.4 Å². The van der Waals surface area contributed by atoms with Crippen LogP contribution in [0.3, 0.4) is 0 Å². The molecule has 1 heterocycles. The number of halogens is 2. The molecule has 0 amide bonds. The van der Waals surface area contributed by atoms with Gasteiger partial charge in [-0.2, -0.15) is 0 Å². The zero-order valence-electron chi connectivity index (χ0n) is 18.3. The van der Waals surface area contributed by atoms with Crippen LogP contribution in [0, 0.1) is 6.92 Å². The van der Waals surface area contributed by atoms with Crippen molar-refractivity contribution in [3.8, 4) is 22.8 Å². The third kappa shape index (κ3) is 5.08. The van der Waals surface area contributed by atoms with E-state index >= 15 is 0 Å². The number of benzene rings is 3. The summed E-state index contributed by atoms with van der Waals surface area (Å²) in [4.78, 5) is 13.1. The van der Waals surface area contributed by atoms with Crippen LogP contribution in [0.4, 0.5) is 0 Å². The number of nitrogens with zero attached hydrogens (tertiary/aromatic N) is 3. The fraction of sp³-hybridized carbons (Fsp3) is 0.160. The molecule has 4 rings (SSSR count). The molecule has 8 heteroatoms. The fourth-order valence-corrected chi connectivity index (χ4v) is 4.67. The minimum Gasteiger partial charge on any atom is -0.495 e.